The number of carbonyl (C=O) groups excluding carboxylic acids is 2. The summed E-state index contributed by atoms with van der Waals surface area (Å²) in [4.78, 5) is 28.5. The fourth-order valence-corrected chi connectivity index (χ4v) is 5.59. The van der Waals surface area contributed by atoms with E-state index in [1.165, 1.54) is 17.0 Å². The molecule has 0 fully saturated rings. The lowest BCUT2D eigenvalue weighted by Gasteiger charge is -2.32. The SMILES string of the molecule is CCC(C)NC(=O)C(C)N(Cc1ccccc1)C(=O)CN(c1cc(C)cc(C)c1)S(=O)(=O)c1ccccc1. The molecular formula is C30H37N3O4S. The highest BCUT2D eigenvalue weighted by Gasteiger charge is 2.32. The maximum Gasteiger partial charge on any atom is 0.264 e. The molecule has 0 aliphatic rings. The molecule has 0 saturated carbocycles. The molecule has 0 aliphatic carbocycles. The third-order valence-electron chi connectivity index (χ3n) is 6.47. The third kappa shape index (κ3) is 7.22. The lowest BCUT2D eigenvalue weighted by molar-refractivity contribution is -0.139. The average molecular weight is 536 g/mol. The van der Waals surface area contributed by atoms with Crippen LogP contribution in [0, 0.1) is 13.8 Å². The van der Waals surface area contributed by atoms with Gasteiger partial charge in [0.1, 0.15) is 12.6 Å². The standard InChI is InChI=1S/C30H37N3O4S/c1-6-24(4)31-30(35)25(5)32(20-26-13-9-7-10-14-26)29(34)21-33(27-18-22(2)17-23(3)19-27)38(36,37)28-15-11-8-12-16-28/h7-19,24-25H,6,20-21H2,1-5H3,(H,31,35). The minimum Gasteiger partial charge on any atom is -0.352 e. The second-order valence-corrected chi connectivity index (χ2v) is 11.5. The molecule has 3 aromatic rings. The number of nitrogens with one attached hydrogen (secondary N) is 1. The van der Waals surface area contributed by atoms with Gasteiger partial charge >= 0.3 is 0 Å². The molecule has 0 aromatic heterocycles. The van der Waals surface area contributed by atoms with Crippen LogP contribution in [-0.2, 0) is 26.2 Å². The minimum absolute atomic E-state index is 0.0520. The zero-order valence-electron chi connectivity index (χ0n) is 22.7. The van der Waals surface area contributed by atoms with E-state index in [0.29, 0.717) is 5.69 Å². The van der Waals surface area contributed by atoms with E-state index >= 15 is 0 Å². The fourth-order valence-electron chi connectivity index (χ4n) is 4.17. The van der Waals surface area contributed by atoms with Crippen LogP contribution in [0.25, 0.3) is 0 Å². The van der Waals surface area contributed by atoms with Crippen molar-refractivity contribution in [2.75, 3.05) is 10.8 Å². The highest BCUT2D eigenvalue weighted by molar-refractivity contribution is 7.92. The first-order chi connectivity index (χ1) is 18.0. The maximum atomic E-state index is 13.9. The normalized spacial score (nSPS) is 12.9. The van der Waals surface area contributed by atoms with Crippen LogP contribution in [0.15, 0.2) is 83.8 Å². The van der Waals surface area contributed by atoms with E-state index in [1.807, 2.05) is 64.1 Å². The van der Waals surface area contributed by atoms with Gasteiger partial charge in [0.15, 0.2) is 0 Å². The molecule has 3 rings (SSSR count). The van der Waals surface area contributed by atoms with Crippen LogP contribution in [-0.4, -0.2) is 43.8 Å². The molecule has 7 nitrogen and oxygen atoms in total. The predicted molar refractivity (Wildman–Crippen MR) is 151 cm³/mol. The highest BCUT2D eigenvalue weighted by Crippen LogP contribution is 2.26. The first-order valence-corrected chi connectivity index (χ1v) is 14.3. The Labute approximate surface area is 226 Å². The van der Waals surface area contributed by atoms with Crippen LogP contribution in [0.4, 0.5) is 5.69 Å². The van der Waals surface area contributed by atoms with Crippen molar-refractivity contribution >= 4 is 27.5 Å². The van der Waals surface area contributed by atoms with Gasteiger partial charge < -0.3 is 10.2 Å². The smallest absolute Gasteiger partial charge is 0.264 e. The molecule has 8 heteroatoms. The van der Waals surface area contributed by atoms with Gasteiger partial charge in [-0.1, -0.05) is 61.5 Å². The van der Waals surface area contributed by atoms with Gasteiger partial charge in [-0.25, -0.2) is 8.42 Å². The molecule has 38 heavy (non-hydrogen) atoms. The number of carbonyl (C=O) groups is 2. The summed E-state index contributed by atoms with van der Waals surface area (Å²) in [5.41, 5.74) is 3.00. The third-order valence-corrected chi connectivity index (χ3v) is 8.26. The van der Waals surface area contributed by atoms with Crippen molar-refractivity contribution in [3.8, 4) is 0 Å². The number of aryl methyl sites for hydroxylation is 2. The van der Waals surface area contributed by atoms with Gasteiger partial charge in [0.05, 0.1) is 10.6 Å². The zero-order chi connectivity index (χ0) is 27.9. The summed E-state index contributed by atoms with van der Waals surface area (Å²) in [7, 11) is -4.07. The Bertz CT molecular complexity index is 1320. The van der Waals surface area contributed by atoms with E-state index in [2.05, 4.69) is 5.32 Å². The van der Waals surface area contributed by atoms with Crippen LogP contribution in [0.2, 0.25) is 0 Å². The molecule has 0 saturated heterocycles. The van der Waals surface area contributed by atoms with Crippen LogP contribution >= 0.6 is 0 Å². The average Bonchev–Trinajstić information content (AvgIpc) is 2.90. The van der Waals surface area contributed by atoms with Crippen LogP contribution in [0.5, 0.6) is 0 Å². The molecule has 2 unspecified atom stereocenters. The van der Waals surface area contributed by atoms with E-state index in [9.17, 15) is 18.0 Å². The summed E-state index contributed by atoms with van der Waals surface area (Å²) in [6, 6.07) is 22.0. The molecule has 0 spiro atoms. The van der Waals surface area contributed by atoms with Crippen molar-refractivity contribution in [1.82, 2.24) is 10.2 Å². The van der Waals surface area contributed by atoms with Gasteiger partial charge in [0.25, 0.3) is 10.0 Å². The monoisotopic (exact) mass is 535 g/mol. The number of hydrogen-bond donors (Lipinski definition) is 1. The number of benzene rings is 3. The molecule has 3 aromatic carbocycles. The number of hydrogen-bond acceptors (Lipinski definition) is 4. The Balaban J connectivity index is 2.03. The van der Waals surface area contributed by atoms with Crippen molar-refractivity contribution in [3.05, 3.63) is 95.6 Å². The Kier molecular flexibility index (Phi) is 9.69. The van der Waals surface area contributed by atoms with Gasteiger partial charge in [-0.3, -0.25) is 13.9 Å². The second-order valence-electron chi connectivity index (χ2n) is 9.67. The van der Waals surface area contributed by atoms with Crippen LogP contribution in [0.3, 0.4) is 0 Å². The van der Waals surface area contributed by atoms with Gasteiger partial charge in [-0.05, 0) is 75.1 Å². The number of amides is 2. The lowest BCUT2D eigenvalue weighted by atomic mass is 10.1. The van der Waals surface area contributed by atoms with Gasteiger partial charge in [-0.15, -0.1) is 0 Å². The zero-order valence-corrected chi connectivity index (χ0v) is 23.5. The quantitative estimate of drug-likeness (QED) is 0.381. The van der Waals surface area contributed by atoms with E-state index in [1.54, 1.807) is 37.3 Å². The largest absolute Gasteiger partial charge is 0.352 e. The molecule has 0 radical (unpaired) electrons. The van der Waals surface area contributed by atoms with E-state index in [4.69, 9.17) is 0 Å². The summed E-state index contributed by atoms with van der Waals surface area (Å²) in [6.07, 6.45) is 0.751. The van der Waals surface area contributed by atoms with Crippen LogP contribution < -0.4 is 9.62 Å². The first kappa shape index (κ1) is 28.9. The Morgan fingerprint density at radius 2 is 1.42 bits per heavy atom. The number of anilines is 1. The Hall–Kier alpha value is -3.65. The summed E-state index contributed by atoms with van der Waals surface area (Å²) < 4.78 is 28.8. The number of rotatable bonds is 11. The molecule has 2 amide bonds. The van der Waals surface area contributed by atoms with Crippen molar-refractivity contribution in [2.45, 2.75) is 64.6 Å². The van der Waals surface area contributed by atoms with E-state index in [0.717, 1.165) is 27.4 Å². The van der Waals surface area contributed by atoms with Crippen LogP contribution in [0.1, 0.15) is 43.9 Å². The molecule has 0 heterocycles. The summed E-state index contributed by atoms with van der Waals surface area (Å²) in [6.45, 7) is 9.03. The van der Waals surface area contributed by atoms with Gasteiger partial charge in [0, 0.05) is 12.6 Å². The highest BCUT2D eigenvalue weighted by atomic mass is 32.2. The van der Waals surface area contributed by atoms with Crippen molar-refractivity contribution in [3.63, 3.8) is 0 Å². The van der Waals surface area contributed by atoms with Gasteiger partial charge in [0.2, 0.25) is 11.8 Å². The molecule has 2 atom stereocenters. The maximum absolute atomic E-state index is 13.9. The van der Waals surface area contributed by atoms with Crippen molar-refractivity contribution < 1.29 is 18.0 Å². The van der Waals surface area contributed by atoms with E-state index < -0.39 is 28.5 Å². The molecule has 1 N–H and O–H groups in total. The number of sulfonamides is 1. The second kappa shape index (κ2) is 12.7. The summed E-state index contributed by atoms with van der Waals surface area (Å²) in [5.74, 6) is -0.758. The summed E-state index contributed by atoms with van der Waals surface area (Å²) in [5, 5.41) is 2.94. The van der Waals surface area contributed by atoms with Gasteiger partial charge in [-0.2, -0.15) is 0 Å². The molecule has 202 valence electrons. The van der Waals surface area contributed by atoms with Crippen molar-refractivity contribution in [1.29, 1.82) is 0 Å². The fraction of sp³-hybridized carbons (Fsp3) is 0.333. The molecule has 0 bridgehead atoms. The minimum atomic E-state index is -4.07. The van der Waals surface area contributed by atoms with Crippen molar-refractivity contribution in [2.24, 2.45) is 0 Å². The summed E-state index contributed by atoms with van der Waals surface area (Å²) >= 11 is 0. The number of nitrogens with zero attached hydrogens (tertiary/aromatic N) is 2. The molecule has 0 aliphatic heterocycles. The Morgan fingerprint density at radius 1 is 0.868 bits per heavy atom. The first-order valence-electron chi connectivity index (χ1n) is 12.8. The predicted octanol–water partition coefficient (Wildman–Crippen LogP) is 4.83. The van der Waals surface area contributed by atoms with E-state index in [-0.39, 0.29) is 23.4 Å². The Morgan fingerprint density at radius 3 is 1.97 bits per heavy atom. The molecular weight excluding hydrogens is 498 g/mol. The topological polar surface area (TPSA) is 86.8 Å². The lowest BCUT2D eigenvalue weighted by Crippen LogP contribution is -2.52.